The van der Waals surface area contributed by atoms with Crippen molar-refractivity contribution in [1.29, 1.82) is 0 Å². The van der Waals surface area contributed by atoms with E-state index in [0.717, 1.165) is 5.56 Å². The number of carbonyl (C=O) groups is 1. The molecule has 0 spiro atoms. The van der Waals surface area contributed by atoms with Crippen LogP contribution in [0.2, 0.25) is 0 Å². The van der Waals surface area contributed by atoms with Gasteiger partial charge in [-0.3, -0.25) is 4.79 Å². The molecule has 0 fully saturated rings. The van der Waals surface area contributed by atoms with E-state index in [-0.39, 0.29) is 12.5 Å². The number of benzene rings is 1. The molecule has 0 saturated carbocycles. The lowest BCUT2D eigenvalue weighted by molar-refractivity contribution is -0.127. The maximum Gasteiger partial charge on any atom is 0.223 e. The highest BCUT2D eigenvalue weighted by Gasteiger charge is 2.07. The van der Waals surface area contributed by atoms with Crippen LogP contribution in [-0.4, -0.2) is 29.1 Å². The third-order valence-corrected chi connectivity index (χ3v) is 1.94. The van der Waals surface area contributed by atoms with Gasteiger partial charge in [0.25, 0.3) is 0 Å². The highest BCUT2D eigenvalue weighted by Crippen LogP contribution is 2.03. The highest BCUT2D eigenvalue weighted by atomic mass is 16.3. The molecule has 0 aromatic heterocycles. The van der Waals surface area contributed by atoms with Gasteiger partial charge in [0.1, 0.15) is 0 Å². The first-order valence-electron chi connectivity index (χ1n) is 4.49. The van der Waals surface area contributed by atoms with Crippen molar-refractivity contribution in [1.82, 2.24) is 4.90 Å². The Labute approximate surface area is 84.0 Å². The van der Waals surface area contributed by atoms with Gasteiger partial charge in [-0.2, -0.15) is 0 Å². The Morgan fingerprint density at radius 3 is 2.50 bits per heavy atom. The average Bonchev–Trinajstić information content (AvgIpc) is 2.18. The van der Waals surface area contributed by atoms with Gasteiger partial charge in [0.05, 0.1) is 6.61 Å². The van der Waals surface area contributed by atoms with Crippen LogP contribution in [0.25, 0.3) is 0 Å². The van der Waals surface area contributed by atoms with Crippen LogP contribution in [0.3, 0.4) is 0 Å². The zero-order valence-electron chi connectivity index (χ0n) is 8.02. The fourth-order valence-electron chi connectivity index (χ4n) is 1.22. The molecule has 0 aliphatic rings. The van der Waals surface area contributed by atoms with E-state index >= 15 is 0 Å². The second kappa shape index (κ2) is 5.40. The summed E-state index contributed by atoms with van der Waals surface area (Å²) in [6, 6.07) is 9.63. The van der Waals surface area contributed by atoms with Crippen LogP contribution in [0.4, 0.5) is 0 Å². The molecule has 1 radical (unpaired) electrons. The number of rotatable bonds is 4. The van der Waals surface area contributed by atoms with Crippen LogP contribution >= 0.6 is 0 Å². The Hall–Kier alpha value is -1.35. The minimum absolute atomic E-state index is 0.0336. The van der Waals surface area contributed by atoms with Crippen LogP contribution < -0.4 is 0 Å². The summed E-state index contributed by atoms with van der Waals surface area (Å²) in [4.78, 5) is 12.6. The summed E-state index contributed by atoms with van der Waals surface area (Å²) in [7, 11) is 0. The zero-order chi connectivity index (χ0) is 10.4. The van der Waals surface area contributed by atoms with Gasteiger partial charge in [-0.15, -0.1) is 0 Å². The van der Waals surface area contributed by atoms with Gasteiger partial charge < -0.3 is 10.0 Å². The van der Waals surface area contributed by atoms with E-state index in [4.69, 9.17) is 5.11 Å². The third-order valence-electron chi connectivity index (χ3n) is 1.94. The van der Waals surface area contributed by atoms with E-state index in [9.17, 15) is 4.79 Å². The van der Waals surface area contributed by atoms with Crippen molar-refractivity contribution in [3.63, 3.8) is 0 Å². The molecule has 1 aromatic rings. The monoisotopic (exact) mass is 192 g/mol. The molecule has 1 N–H and O–H groups in total. The topological polar surface area (TPSA) is 40.5 Å². The Morgan fingerprint density at radius 1 is 1.36 bits per heavy atom. The lowest BCUT2D eigenvalue weighted by Crippen LogP contribution is -2.31. The Kier molecular flexibility index (Phi) is 4.13. The number of carbonyl (C=O) groups excluding carboxylic acids is 1. The van der Waals surface area contributed by atoms with Crippen molar-refractivity contribution in [2.75, 3.05) is 13.2 Å². The van der Waals surface area contributed by atoms with Crippen LogP contribution in [0.15, 0.2) is 30.3 Å². The molecule has 0 heterocycles. The van der Waals surface area contributed by atoms with Crippen molar-refractivity contribution in [2.24, 2.45) is 0 Å². The second-order valence-electron chi connectivity index (χ2n) is 3.02. The molecular formula is C11H14NO2. The van der Waals surface area contributed by atoms with Crippen molar-refractivity contribution < 1.29 is 9.90 Å². The van der Waals surface area contributed by atoms with Gasteiger partial charge in [0.15, 0.2) is 0 Å². The maximum atomic E-state index is 11.0. The Morgan fingerprint density at radius 2 is 2.00 bits per heavy atom. The van der Waals surface area contributed by atoms with Gasteiger partial charge in [-0.25, -0.2) is 0 Å². The van der Waals surface area contributed by atoms with E-state index in [1.54, 1.807) is 0 Å². The van der Waals surface area contributed by atoms with Gasteiger partial charge in [-0.05, 0) is 5.56 Å². The molecule has 0 atom stereocenters. The van der Waals surface area contributed by atoms with Crippen molar-refractivity contribution >= 4 is 5.91 Å². The molecule has 3 nitrogen and oxygen atoms in total. The predicted molar refractivity (Wildman–Crippen MR) is 54.3 cm³/mol. The molecule has 1 rings (SSSR count). The summed E-state index contributed by atoms with van der Waals surface area (Å²) in [5.41, 5.74) is 1.04. The molecule has 0 saturated heterocycles. The van der Waals surface area contributed by atoms with E-state index in [0.29, 0.717) is 13.1 Å². The third kappa shape index (κ3) is 3.18. The number of hydrogen-bond donors (Lipinski definition) is 1. The quantitative estimate of drug-likeness (QED) is 0.768. The van der Waals surface area contributed by atoms with Crippen LogP contribution in [0.5, 0.6) is 0 Å². The van der Waals surface area contributed by atoms with Gasteiger partial charge in [0.2, 0.25) is 5.91 Å². The molecule has 1 aromatic carbocycles. The minimum Gasteiger partial charge on any atom is -0.395 e. The SMILES string of the molecule is [CH2]C(=O)N(CCO)Cc1ccccc1. The lowest BCUT2D eigenvalue weighted by Gasteiger charge is -2.19. The first-order valence-corrected chi connectivity index (χ1v) is 4.49. The van der Waals surface area contributed by atoms with E-state index in [2.05, 4.69) is 6.92 Å². The molecule has 3 heteroatoms. The summed E-state index contributed by atoms with van der Waals surface area (Å²) in [5.74, 6) is -0.261. The Bertz CT molecular complexity index is 285. The molecular weight excluding hydrogens is 178 g/mol. The lowest BCUT2D eigenvalue weighted by atomic mass is 10.2. The second-order valence-corrected chi connectivity index (χ2v) is 3.02. The molecule has 75 valence electrons. The summed E-state index contributed by atoms with van der Waals surface area (Å²) in [6.07, 6.45) is 0. The summed E-state index contributed by atoms with van der Waals surface area (Å²) >= 11 is 0. The van der Waals surface area contributed by atoms with Gasteiger partial charge >= 0.3 is 0 Å². The van der Waals surface area contributed by atoms with Crippen LogP contribution in [-0.2, 0) is 11.3 Å². The fraction of sp³-hybridized carbons (Fsp3) is 0.273. The van der Waals surface area contributed by atoms with E-state index < -0.39 is 0 Å². The van der Waals surface area contributed by atoms with Crippen LogP contribution in [0, 0.1) is 6.92 Å². The zero-order valence-corrected chi connectivity index (χ0v) is 8.02. The van der Waals surface area contributed by atoms with Crippen molar-refractivity contribution in [3.05, 3.63) is 42.8 Å². The average molecular weight is 192 g/mol. The van der Waals surface area contributed by atoms with Crippen LogP contribution in [0.1, 0.15) is 5.56 Å². The van der Waals surface area contributed by atoms with Gasteiger partial charge in [-0.1, -0.05) is 30.3 Å². The largest absolute Gasteiger partial charge is 0.395 e. The number of aliphatic hydroxyl groups is 1. The highest BCUT2D eigenvalue weighted by molar-refractivity contribution is 5.80. The summed E-state index contributed by atoms with van der Waals surface area (Å²) < 4.78 is 0. The Balaban J connectivity index is 2.60. The number of hydrogen-bond acceptors (Lipinski definition) is 2. The smallest absolute Gasteiger partial charge is 0.223 e. The molecule has 0 aliphatic heterocycles. The fourth-order valence-corrected chi connectivity index (χ4v) is 1.22. The molecule has 0 aliphatic carbocycles. The minimum atomic E-state index is -0.261. The summed E-state index contributed by atoms with van der Waals surface area (Å²) in [6.45, 7) is 4.13. The van der Waals surface area contributed by atoms with Crippen molar-refractivity contribution in [2.45, 2.75) is 6.54 Å². The van der Waals surface area contributed by atoms with Gasteiger partial charge in [0, 0.05) is 20.0 Å². The predicted octanol–water partition coefficient (Wildman–Crippen LogP) is 0.842. The molecule has 0 unspecified atom stereocenters. The number of nitrogens with zero attached hydrogens (tertiary/aromatic N) is 1. The van der Waals surface area contributed by atoms with Crippen molar-refractivity contribution in [3.8, 4) is 0 Å². The number of aliphatic hydroxyl groups excluding tert-OH is 1. The standard InChI is InChI=1S/C11H14NO2/c1-10(14)12(7-8-13)9-11-5-3-2-4-6-11/h2-6,13H,1,7-9H2. The maximum absolute atomic E-state index is 11.0. The molecule has 14 heavy (non-hydrogen) atoms. The molecule has 0 bridgehead atoms. The number of amides is 1. The van der Waals surface area contributed by atoms with E-state index in [1.807, 2.05) is 30.3 Å². The molecule has 1 amide bonds. The first-order chi connectivity index (χ1) is 6.74. The normalized spacial score (nSPS) is 9.86. The first kappa shape index (κ1) is 10.7. The van der Waals surface area contributed by atoms with E-state index in [1.165, 1.54) is 4.90 Å². The summed E-state index contributed by atoms with van der Waals surface area (Å²) in [5, 5.41) is 8.74.